The Kier molecular flexibility index (Phi) is 4.96. The highest BCUT2D eigenvalue weighted by atomic mass is 16.6. The maximum Gasteiger partial charge on any atom is 0.407 e. The topological polar surface area (TPSA) is 60.7 Å². The van der Waals surface area contributed by atoms with E-state index in [1.807, 2.05) is 26.0 Å². The lowest BCUT2D eigenvalue weighted by atomic mass is 9.56. The summed E-state index contributed by atoms with van der Waals surface area (Å²) >= 11 is 0. The van der Waals surface area contributed by atoms with Crippen molar-refractivity contribution in [3.05, 3.63) is 35.8 Å². The molecule has 0 unspecified atom stereocenters. The molecule has 5 heteroatoms. The molecular formula is C20H29NO4. The lowest BCUT2D eigenvalue weighted by Gasteiger charge is -2.54. The monoisotopic (exact) mass is 347 g/mol. The van der Waals surface area contributed by atoms with E-state index >= 15 is 0 Å². The normalized spacial score (nSPS) is 34.6. The van der Waals surface area contributed by atoms with Crippen molar-refractivity contribution in [1.82, 2.24) is 5.32 Å². The van der Waals surface area contributed by atoms with Crippen LogP contribution in [-0.4, -0.2) is 25.3 Å². The number of amides is 1. The third-order valence-electron chi connectivity index (χ3n) is 5.95. The van der Waals surface area contributed by atoms with E-state index in [9.17, 15) is 4.79 Å². The van der Waals surface area contributed by atoms with Gasteiger partial charge in [-0.2, -0.15) is 0 Å². The number of ether oxygens (including phenoxy) is 2. The molecule has 5 nitrogen and oxygen atoms in total. The average molecular weight is 347 g/mol. The van der Waals surface area contributed by atoms with E-state index in [2.05, 4.69) is 32.2 Å². The molecule has 1 aromatic heterocycles. The van der Waals surface area contributed by atoms with E-state index in [0.29, 0.717) is 19.1 Å². The molecule has 2 aliphatic rings. The van der Waals surface area contributed by atoms with Crippen molar-refractivity contribution in [3.8, 4) is 0 Å². The molecule has 3 rings (SSSR count). The first-order chi connectivity index (χ1) is 11.8. The molecule has 0 saturated carbocycles. The lowest BCUT2D eigenvalue weighted by molar-refractivity contribution is -0.170. The maximum absolute atomic E-state index is 12.0. The fourth-order valence-corrected chi connectivity index (χ4v) is 4.44. The molecule has 0 spiro atoms. The second kappa shape index (κ2) is 6.87. The zero-order valence-electron chi connectivity index (χ0n) is 15.7. The Bertz CT molecular complexity index is 636. The smallest absolute Gasteiger partial charge is 0.407 e. The van der Waals surface area contributed by atoms with Gasteiger partial charge in [-0.15, -0.1) is 0 Å². The van der Waals surface area contributed by atoms with Crippen LogP contribution in [-0.2, 0) is 9.47 Å². The molecule has 1 fully saturated rings. The van der Waals surface area contributed by atoms with Crippen molar-refractivity contribution in [2.45, 2.75) is 46.8 Å². The first-order valence-electron chi connectivity index (χ1n) is 9.12. The van der Waals surface area contributed by atoms with Gasteiger partial charge >= 0.3 is 6.09 Å². The minimum Gasteiger partial charge on any atom is -0.467 e. The minimum absolute atomic E-state index is 0.0621. The second-order valence-corrected chi connectivity index (χ2v) is 7.87. The number of furan rings is 1. The Morgan fingerprint density at radius 1 is 1.44 bits per heavy atom. The first kappa shape index (κ1) is 18.1. The van der Waals surface area contributed by atoms with E-state index in [-0.39, 0.29) is 35.5 Å². The summed E-state index contributed by atoms with van der Waals surface area (Å²) in [6.07, 6.45) is 3.56. The van der Waals surface area contributed by atoms with Crippen molar-refractivity contribution >= 4 is 6.09 Å². The van der Waals surface area contributed by atoms with Gasteiger partial charge in [0.15, 0.2) is 0 Å². The van der Waals surface area contributed by atoms with Gasteiger partial charge in [-0.25, -0.2) is 4.79 Å². The summed E-state index contributed by atoms with van der Waals surface area (Å²) in [5, 5.41) is 2.79. The van der Waals surface area contributed by atoms with Gasteiger partial charge in [-0.05, 0) is 44.7 Å². The molecule has 25 heavy (non-hydrogen) atoms. The number of carbonyl (C=O) groups is 1. The first-order valence-corrected chi connectivity index (χ1v) is 9.12. The van der Waals surface area contributed by atoms with Crippen molar-refractivity contribution in [1.29, 1.82) is 0 Å². The van der Waals surface area contributed by atoms with Crippen molar-refractivity contribution in [2.75, 3.05) is 13.2 Å². The van der Waals surface area contributed by atoms with Crippen LogP contribution >= 0.6 is 0 Å². The van der Waals surface area contributed by atoms with Gasteiger partial charge in [-0.1, -0.05) is 25.5 Å². The summed E-state index contributed by atoms with van der Waals surface area (Å²) < 4.78 is 17.5. The molecule has 1 amide bonds. The predicted molar refractivity (Wildman–Crippen MR) is 95.0 cm³/mol. The van der Waals surface area contributed by atoms with Crippen LogP contribution in [0.2, 0.25) is 0 Å². The van der Waals surface area contributed by atoms with Gasteiger partial charge in [-0.3, -0.25) is 0 Å². The summed E-state index contributed by atoms with van der Waals surface area (Å²) in [5.74, 6) is 1.70. The lowest BCUT2D eigenvalue weighted by Crippen LogP contribution is -2.54. The van der Waals surface area contributed by atoms with E-state index < -0.39 is 0 Å². The van der Waals surface area contributed by atoms with Gasteiger partial charge in [0.25, 0.3) is 0 Å². The summed E-state index contributed by atoms with van der Waals surface area (Å²) in [6.45, 7) is 11.4. The van der Waals surface area contributed by atoms with Crippen LogP contribution in [0.5, 0.6) is 0 Å². The standard InChI is InChI=1S/C20H29NO4/c1-12(2)21-19(22)25-11-20-10-24-18(16-7-6-8-23-16)17(15(20)5)13(3)9-14(20)4/h6-9,12,14-15,17-18H,10-11H2,1-5H3,(H,21,22)/t14-,15+,17+,18+,20-/m0/s1. The molecule has 1 aliphatic heterocycles. The maximum atomic E-state index is 12.0. The SMILES string of the molecule is CC1=C[C@H](C)[C@@]2(COC(=O)NC(C)C)CO[C@H](c3ccco3)[C@H]1[C@H]2C. The molecule has 2 heterocycles. The number of hydrogen-bond donors (Lipinski definition) is 1. The van der Waals surface area contributed by atoms with Gasteiger partial charge in [0.05, 0.1) is 12.9 Å². The average Bonchev–Trinajstić information content (AvgIpc) is 3.05. The summed E-state index contributed by atoms with van der Waals surface area (Å²) in [7, 11) is 0. The zero-order valence-corrected chi connectivity index (χ0v) is 15.7. The second-order valence-electron chi connectivity index (χ2n) is 7.87. The molecule has 0 radical (unpaired) electrons. The van der Waals surface area contributed by atoms with Crippen LogP contribution in [0.1, 0.15) is 46.5 Å². The zero-order chi connectivity index (χ0) is 18.2. The van der Waals surface area contributed by atoms with Gasteiger partial charge in [0, 0.05) is 17.4 Å². The summed E-state index contributed by atoms with van der Waals surface area (Å²) in [6, 6.07) is 3.93. The molecule has 2 bridgehead atoms. The van der Waals surface area contributed by atoms with Crippen LogP contribution < -0.4 is 5.32 Å². The van der Waals surface area contributed by atoms with Crippen LogP contribution in [0, 0.1) is 23.2 Å². The highest BCUT2D eigenvalue weighted by Crippen LogP contribution is 2.56. The number of hydrogen-bond acceptors (Lipinski definition) is 4. The Labute approximate surface area is 149 Å². The molecule has 1 N–H and O–H groups in total. The van der Waals surface area contributed by atoms with Gasteiger partial charge in [0.1, 0.15) is 18.5 Å². The molecule has 1 aliphatic carbocycles. The molecule has 138 valence electrons. The Morgan fingerprint density at radius 2 is 2.20 bits per heavy atom. The van der Waals surface area contributed by atoms with Gasteiger partial charge < -0.3 is 19.2 Å². The quantitative estimate of drug-likeness (QED) is 0.824. The third-order valence-corrected chi connectivity index (χ3v) is 5.95. The number of fused-ring (bicyclic) bond motifs is 2. The summed E-state index contributed by atoms with van der Waals surface area (Å²) in [5.41, 5.74) is 1.12. The van der Waals surface area contributed by atoms with E-state index in [4.69, 9.17) is 13.9 Å². The fourth-order valence-electron chi connectivity index (χ4n) is 4.44. The predicted octanol–water partition coefficient (Wildman–Crippen LogP) is 4.32. The highest BCUT2D eigenvalue weighted by Gasteiger charge is 2.55. The largest absolute Gasteiger partial charge is 0.467 e. The van der Waals surface area contributed by atoms with Gasteiger partial charge in [0.2, 0.25) is 0 Å². The minimum atomic E-state index is -0.361. The molecule has 0 aromatic carbocycles. The highest BCUT2D eigenvalue weighted by molar-refractivity contribution is 5.67. The molecular weight excluding hydrogens is 318 g/mol. The number of carbonyl (C=O) groups excluding carboxylic acids is 1. The van der Waals surface area contributed by atoms with Crippen molar-refractivity contribution in [2.24, 2.45) is 23.2 Å². The fraction of sp³-hybridized carbons (Fsp3) is 0.650. The molecule has 1 saturated heterocycles. The van der Waals surface area contributed by atoms with Crippen LogP contribution in [0.3, 0.4) is 0 Å². The van der Waals surface area contributed by atoms with E-state index in [0.717, 1.165) is 5.76 Å². The van der Waals surface area contributed by atoms with E-state index in [1.54, 1.807) is 6.26 Å². The van der Waals surface area contributed by atoms with Crippen LogP contribution in [0.25, 0.3) is 0 Å². The Morgan fingerprint density at radius 3 is 2.84 bits per heavy atom. The third kappa shape index (κ3) is 3.22. The number of alkyl carbamates (subject to hydrolysis) is 1. The number of rotatable bonds is 4. The number of nitrogens with one attached hydrogen (secondary N) is 1. The van der Waals surface area contributed by atoms with Crippen molar-refractivity contribution < 1.29 is 18.7 Å². The Hall–Kier alpha value is -1.75. The van der Waals surface area contributed by atoms with Crippen molar-refractivity contribution in [3.63, 3.8) is 0 Å². The summed E-state index contributed by atoms with van der Waals surface area (Å²) in [4.78, 5) is 12.0. The number of allylic oxidation sites excluding steroid dienone is 1. The van der Waals surface area contributed by atoms with Crippen LogP contribution in [0.4, 0.5) is 4.79 Å². The molecule has 1 aromatic rings. The van der Waals surface area contributed by atoms with Crippen LogP contribution in [0.15, 0.2) is 34.5 Å². The van der Waals surface area contributed by atoms with E-state index in [1.165, 1.54) is 5.57 Å². The molecule has 5 atom stereocenters. The Balaban J connectivity index is 1.82.